The number of hydrogen-bond acceptors (Lipinski definition) is 30. The van der Waals surface area contributed by atoms with Crippen LogP contribution >= 0.6 is 65.3 Å². The van der Waals surface area contributed by atoms with Crippen LogP contribution in [0.4, 0.5) is 40.3 Å². The summed E-state index contributed by atoms with van der Waals surface area (Å²) in [5.74, 6) is -9.82. The Bertz CT molecular complexity index is 7140. The van der Waals surface area contributed by atoms with Crippen molar-refractivity contribution in [3.63, 3.8) is 0 Å². The fraction of sp³-hybridized carbons (Fsp3) is 0.302. The molecule has 0 radical (unpaired) electrons. The largest absolute Gasteiger partial charge is 0.510 e. The summed E-state index contributed by atoms with van der Waals surface area (Å²) in [6, 6.07) is 30.2. The minimum atomic E-state index is -4.62. The van der Waals surface area contributed by atoms with Gasteiger partial charge in [0.25, 0.3) is 23.6 Å². The molecule has 1 N–H and O–H groups in total. The third-order valence-electron chi connectivity index (χ3n) is 25.8. The van der Waals surface area contributed by atoms with Gasteiger partial charge >= 0.3 is 26.0 Å². The van der Waals surface area contributed by atoms with Crippen molar-refractivity contribution in [2.75, 3.05) is 112 Å². The van der Waals surface area contributed by atoms with Crippen molar-refractivity contribution in [3.05, 3.63) is 284 Å². The number of aromatic nitrogens is 5. The molecule has 730 valence electrons. The molecule has 3 fully saturated rings. The average molecular weight is 2050 g/mol. The van der Waals surface area contributed by atoms with Crippen LogP contribution in [-0.2, 0) is 54.6 Å². The Morgan fingerprint density at radius 3 is 1.42 bits per heavy atom. The fourth-order valence-electron chi connectivity index (χ4n) is 19.8. The molecule has 8 atom stereocenters. The first-order valence-corrected chi connectivity index (χ1v) is 50.6. The van der Waals surface area contributed by atoms with E-state index in [4.69, 9.17) is 37.5 Å². The van der Waals surface area contributed by atoms with Crippen molar-refractivity contribution in [3.8, 4) is 82.2 Å². The molecule has 0 spiro atoms. The molecule has 5 unspecified atom stereocenters. The molecule has 3 saturated heterocycles. The van der Waals surface area contributed by atoms with Gasteiger partial charge in [0.05, 0.1) is 97.0 Å². The second-order valence-corrected chi connectivity index (χ2v) is 41.1. The number of alkyl halides is 2. The highest BCUT2D eigenvalue weighted by Crippen LogP contribution is 2.61. The third-order valence-corrected chi connectivity index (χ3v) is 32.2. The predicted octanol–water partition coefficient (Wildman–Crippen LogP) is 15.8. The number of nitrogens with zero attached hydrogens (tertiary/aromatic N) is 11. The first kappa shape index (κ1) is 95.2. The number of rotatable bonds is 16. The Morgan fingerprint density at radius 2 is 0.957 bits per heavy atom. The van der Waals surface area contributed by atoms with Crippen LogP contribution in [-0.4, -0.2) is 197 Å². The van der Waals surface area contributed by atoms with E-state index in [2.05, 4.69) is 24.5 Å². The number of hydrogen-bond donors (Lipinski definition) is 1. The third kappa shape index (κ3) is 16.2. The lowest BCUT2D eigenvalue weighted by Gasteiger charge is -2.51. The number of nitrogens with one attached hydrogen (secondary N) is 1. The lowest BCUT2D eigenvalue weighted by Crippen LogP contribution is -2.66. The van der Waals surface area contributed by atoms with Gasteiger partial charge in [0.15, 0.2) is 40.4 Å². The van der Waals surface area contributed by atoms with E-state index in [1.54, 1.807) is 104 Å². The molecule has 0 saturated carbocycles. The van der Waals surface area contributed by atoms with Gasteiger partial charge in [0.2, 0.25) is 47.1 Å². The summed E-state index contributed by atoms with van der Waals surface area (Å²) in [6.45, 7) is 6.10. The zero-order valence-electron chi connectivity index (χ0n) is 75.5. The number of ether oxygens (including phenoxy) is 8. The normalized spacial score (nSPS) is 19.4. The van der Waals surface area contributed by atoms with Gasteiger partial charge in [-0.1, -0.05) is 112 Å². The van der Waals surface area contributed by atoms with Gasteiger partial charge in [-0.3, -0.25) is 67.1 Å². The van der Waals surface area contributed by atoms with E-state index in [9.17, 15) is 56.5 Å². The van der Waals surface area contributed by atoms with E-state index in [1.807, 2.05) is 82.8 Å². The van der Waals surface area contributed by atoms with Crippen LogP contribution in [0.15, 0.2) is 177 Å². The van der Waals surface area contributed by atoms with Gasteiger partial charge in [-0.2, -0.15) is 28.6 Å². The molecular formula is C96H82F7N12O20PS5. The number of thioether (sulfide) groups is 2. The summed E-state index contributed by atoms with van der Waals surface area (Å²) in [6.07, 6.45) is -0.301. The molecule has 6 aromatic carbocycles. The van der Waals surface area contributed by atoms with Crippen LogP contribution in [0, 0.1) is 34.5 Å². The second kappa shape index (κ2) is 37.6. The number of methoxy groups -OCH3 is 3. The molecule has 6 aromatic heterocycles. The molecule has 32 nitrogen and oxygen atoms in total. The Hall–Kier alpha value is -13.3. The van der Waals surface area contributed by atoms with E-state index < -0.39 is 174 Å². The number of pyridine rings is 3. The zero-order valence-corrected chi connectivity index (χ0v) is 80.5. The molecule has 141 heavy (non-hydrogen) atoms. The number of benzene rings is 6. The van der Waals surface area contributed by atoms with Crippen LogP contribution in [0.2, 0.25) is 0 Å². The number of thiophene rings is 1. The second-order valence-electron chi connectivity index (χ2n) is 34.5. The van der Waals surface area contributed by atoms with E-state index >= 15 is 22.0 Å². The van der Waals surface area contributed by atoms with Gasteiger partial charge in [0, 0.05) is 113 Å². The Balaban J connectivity index is 0.000000131. The Morgan fingerprint density at radius 1 is 0.525 bits per heavy atom. The van der Waals surface area contributed by atoms with Gasteiger partial charge < -0.3 is 57.1 Å². The average Bonchev–Trinajstić information content (AvgIpc) is 1.59. The minimum Gasteiger partial charge on any atom is -0.468 e. The predicted molar refractivity (Wildman–Crippen MR) is 507 cm³/mol. The SMILES string of the molecule is CCOP(=O)(N[C@@H](C(=O)OC)C(C)(C)C)Oc1c2n(ccc1=O)N(C1c3ccccc3-c3scc4c3-c3c1ccc(F)c3C(F)(F)C4)C1COCCN1C2=O.COC(=O)OCOc1c2n(ccc1=O)N(C1c3ccccc3-c3scnc3-c3c1ccc(F)c3F)C1CSCCN1C2=O.COC(=O)OCOc1c2n(ccc1=O)N([C@@H]1c3ccccc3-c3scnc3-c3c1ccc(F)c3F)[C@@H]1CSCCN1C2=O. The molecule has 10 aliphatic rings. The number of thiazole rings is 2. The maximum atomic E-state index is 16.0. The Labute approximate surface area is 817 Å². The molecular weight excluding hydrogens is 1970 g/mol. The van der Waals surface area contributed by atoms with E-state index in [0.29, 0.717) is 95.5 Å². The molecule has 3 amide bonds. The zero-order chi connectivity index (χ0) is 98.8. The molecule has 12 aromatic rings. The molecule has 0 bridgehead atoms. The highest BCUT2D eigenvalue weighted by molar-refractivity contribution is 7.99. The van der Waals surface area contributed by atoms with Crippen LogP contribution in [0.5, 0.6) is 17.2 Å². The quantitative estimate of drug-likeness (QED) is 0.0309. The topological polar surface area (TPSA) is 335 Å². The molecule has 45 heteroatoms. The van der Waals surface area contributed by atoms with Gasteiger partial charge in [0.1, 0.15) is 30.4 Å². The monoisotopic (exact) mass is 2050 g/mol. The highest BCUT2D eigenvalue weighted by atomic mass is 32.2. The number of halogens is 7. The van der Waals surface area contributed by atoms with Crippen molar-refractivity contribution in [2.45, 2.75) is 82.7 Å². The minimum absolute atomic E-state index is 0.00978. The summed E-state index contributed by atoms with van der Waals surface area (Å²) < 4.78 is 180. The first-order chi connectivity index (χ1) is 67.9. The summed E-state index contributed by atoms with van der Waals surface area (Å²) in [4.78, 5) is 134. The van der Waals surface area contributed by atoms with E-state index in [1.165, 1.54) is 87.5 Å². The number of fused-ring (bicyclic) bond motifs is 18. The Kier molecular flexibility index (Phi) is 25.4. The van der Waals surface area contributed by atoms with Gasteiger partial charge in [-0.05, 0) is 91.6 Å². The summed E-state index contributed by atoms with van der Waals surface area (Å²) in [5, 5.41) is 9.89. The van der Waals surface area contributed by atoms with E-state index in [0.717, 1.165) is 66.3 Å². The van der Waals surface area contributed by atoms with Crippen LogP contribution in [0.1, 0.15) is 122 Å². The number of amides is 3. The van der Waals surface area contributed by atoms with Crippen molar-refractivity contribution < 1.29 is 111 Å². The summed E-state index contributed by atoms with van der Waals surface area (Å²) >= 11 is 7.27. The molecule has 12 heterocycles. The van der Waals surface area contributed by atoms with Crippen LogP contribution in [0.3, 0.4) is 0 Å². The van der Waals surface area contributed by atoms with E-state index in [-0.39, 0.29) is 71.6 Å². The van der Waals surface area contributed by atoms with Crippen LogP contribution < -0.4 is 50.4 Å². The number of carbonyl (C=O) groups is 6. The summed E-state index contributed by atoms with van der Waals surface area (Å²) in [5.41, 5.74) is 6.66. The number of esters is 1. The fourth-order valence-corrected chi connectivity index (χ4v) is 26.5. The molecule has 4 aliphatic carbocycles. The number of morpholine rings is 1. The maximum Gasteiger partial charge on any atom is 0.510 e. The van der Waals surface area contributed by atoms with Crippen molar-refractivity contribution >= 4 is 101 Å². The van der Waals surface area contributed by atoms with Crippen molar-refractivity contribution in [2.24, 2.45) is 5.41 Å². The highest BCUT2D eigenvalue weighted by Gasteiger charge is 2.55. The molecule has 6 aliphatic heterocycles. The number of carbonyl (C=O) groups excluding carboxylic acids is 6. The standard InChI is InChI=1S/C38H38F3N4O8PS.2C29H22F2N4O6S2/c1-6-52-54(49,42-34(36(48)50-5)37(2,3)4)53-32-25(46)13-14-44-31(32)35(47)43-15-16-51-18-26(43)45(44)30-21-9-7-8-10-22(21)33-27-20(19-55-33)17-38(40,41)29-24(39)12-11-23(30)28(27)29;2*1-39-29(38)41-14-40-26-19(36)8-9-34-25(26)28(37)33-10-11-42-12-20(33)35(34)24-15-4-2-3-5-16(15)27-23(32-13-43-27)21-17(24)6-7-18(30)22(21)31/h7-14,19,26,30,34H,6,15-18H2,1-5H3,(H,42,49);2*2-9,13,20,24H,10-12,14H2,1H3/t26?,30?,34-,54?;20-,24-;/m01./s1. The first-order valence-electron chi connectivity index (χ1n) is 44.1. The van der Waals surface area contributed by atoms with Gasteiger partial charge in [-0.15, -0.1) is 34.0 Å². The van der Waals surface area contributed by atoms with Gasteiger partial charge in [-0.25, -0.2) is 54.9 Å². The lowest BCUT2D eigenvalue weighted by atomic mass is 9.80. The smallest absolute Gasteiger partial charge is 0.468 e. The van der Waals surface area contributed by atoms with Crippen molar-refractivity contribution in [1.82, 2.24) is 43.8 Å². The van der Waals surface area contributed by atoms with Crippen molar-refractivity contribution in [1.29, 1.82) is 0 Å². The molecule has 22 rings (SSSR count). The lowest BCUT2D eigenvalue weighted by molar-refractivity contribution is -0.145. The van der Waals surface area contributed by atoms with Crippen LogP contribution in [0.25, 0.3) is 65.0 Å². The maximum absolute atomic E-state index is 16.0. The summed E-state index contributed by atoms with van der Waals surface area (Å²) in [7, 11) is -1.19.